The van der Waals surface area contributed by atoms with Gasteiger partial charge in [-0.25, -0.2) is 14.1 Å². The molecule has 2 aliphatic rings. The van der Waals surface area contributed by atoms with Gasteiger partial charge in [0.2, 0.25) is 0 Å². The fourth-order valence-corrected chi connectivity index (χ4v) is 5.98. The fraction of sp³-hybridized carbons (Fsp3) is 0.250. The van der Waals surface area contributed by atoms with Crippen molar-refractivity contribution >= 4 is 17.7 Å². The molecule has 8 nitrogen and oxygen atoms in total. The third-order valence-electron chi connectivity index (χ3n) is 7.48. The summed E-state index contributed by atoms with van der Waals surface area (Å²) in [5, 5.41) is 32.7. The quantitative estimate of drug-likeness (QED) is 0.390. The van der Waals surface area contributed by atoms with Crippen LogP contribution in [0.15, 0.2) is 90.5 Å². The number of hydrogen-bond donors (Lipinski definition) is 1. The van der Waals surface area contributed by atoms with Gasteiger partial charge in [0, 0.05) is 17.4 Å². The molecule has 1 N–H and O–H groups in total. The molecular weight excluding hydrogens is 523 g/mol. The molecule has 2 aliphatic heterocycles. The Morgan fingerprint density at radius 1 is 0.976 bits per heavy atom. The Balaban J connectivity index is 1.84. The van der Waals surface area contributed by atoms with Crippen LogP contribution in [0.4, 0.5) is 14.9 Å². The number of amides is 2. The van der Waals surface area contributed by atoms with Gasteiger partial charge in [0.25, 0.3) is 5.91 Å². The first-order valence-electron chi connectivity index (χ1n) is 13.0. The molecular formula is C32H27FN4O4. The van der Waals surface area contributed by atoms with Crippen molar-refractivity contribution in [3.63, 3.8) is 0 Å². The van der Waals surface area contributed by atoms with E-state index in [1.54, 1.807) is 81.4 Å². The smallest absolute Gasteiger partial charge is 0.421 e. The number of carbonyl (C=O) groups is 2. The molecule has 1 saturated heterocycles. The lowest BCUT2D eigenvalue weighted by Gasteiger charge is -2.35. The number of ether oxygens (including phenoxy) is 1. The number of benzene rings is 3. The number of imide groups is 1. The van der Waals surface area contributed by atoms with Crippen LogP contribution in [-0.2, 0) is 15.1 Å². The van der Waals surface area contributed by atoms with E-state index in [9.17, 15) is 29.7 Å². The second kappa shape index (κ2) is 10.3. The largest absolute Gasteiger partial charge is 0.443 e. The Bertz CT molecular complexity index is 1600. The van der Waals surface area contributed by atoms with Crippen molar-refractivity contribution in [3.8, 4) is 12.1 Å². The number of nitriles is 2. The van der Waals surface area contributed by atoms with Gasteiger partial charge in [-0.15, -0.1) is 0 Å². The number of nitrogens with zero attached hydrogens (tertiary/aromatic N) is 4. The molecule has 2 heterocycles. The minimum atomic E-state index is -1.94. The van der Waals surface area contributed by atoms with Crippen molar-refractivity contribution in [1.29, 1.82) is 10.5 Å². The van der Waals surface area contributed by atoms with E-state index in [1.165, 1.54) is 18.2 Å². The van der Waals surface area contributed by atoms with Crippen LogP contribution in [0.25, 0.3) is 0 Å². The molecule has 0 aromatic heterocycles. The molecule has 0 radical (unpaired) electrons. The molecule has 4 atom stereocenters. The van der Waals surface area contributed by atoms with Crippen molar-refractivity contribution in [2.75, 3.05) is 4.90 Å². The van der Waals surface area contributed by atoms with Crippen LogP contribution >= 0.6 is 0 Å². The Morgan fingerprint density at radius 2 is 1.59 bits per heavy atom. The SMILES string of the molecule is CC(C)(C)OC(=O)N1C(=O)[C@@]2(c3ccccc31)[C@H](C=C(C#N)C#N)[C@@H](c1ccc(F)cc1)[C@H](c1ccccc1)N2O. The highest BCUT2D eigenvalue weighted by molar-refractivity contribution is 6.21. The van der Waals surface area contributed by atoms with E-state index in [0.717, 1.165) is 9.96 Å². The van der Waals surface area contributed by atoms with Crippen molar-refractivity contribution in [2.24, 2.45) is 5.92 Å². The van der Waals surface area contributed by atoms with Gasteiger partial charge in [-0.3, -0.25) is 4.79 Å². The number of allylic oxidation sites excluding steroid dienone is 1. The lowest BCUT2D eigenvalue weighted by molar-refractivity contribution is -0.189. The number of carbonyl (C=O) groups excluding carboxylic acids is 2. The maximum absolute atomic E-state index is 14.7. The zero-order valence-corrected chi connectivity index (χ0v) is 22.7. The predicted octanol–water partition coefficient (Wildman–Crippen LogP) is 6.12. The second-order valence-electron chi connectivity index (χ2n) is 11.0. The molecule has 0 bridgehead atoms. The normalized spacial score (nSPS) is 23.5. The van der Waals surface area contributed by atoms with Crippen molar-refractivity contribution in [2.45, 2.75) is 43.9 Å². The predicted molar refractivity (Wildman–Crippen MR) is 147 cm³/mol. The summed E-state index contributed by atoms with van der Waals surface area (Å²) in [5.41, 5.74) is -1.42. The van der Waals surface area contributed by atoms with Gasteiger partial charge in [-0.05, 0) is 56.2 Å². The highest BCUT2D eigenvalue weighted by Crippen LogP contribution is 2.63. The second-order valence-corrected chi connectivity index (χ2v) is 11.0. The molecule has 41 heavy (non-hydrogen) atoms. The summed E-state index contributed by atoms with van der Waals surface area (Å²) in [6.45, 7) is 5.03. The highest BCUT2D eigenvalue weighted by Gasteiger charge is 2.69. The van der Waals surface area contributed by atoms with Gasteiger partial charge in [-0.2, -0.15) is 15.6 Å². The first-order chi connectivity index (χ1) is 19.5. The first-order valence-corrected chi connectivity index (χ1v) is 13.0. The van der Waals surface area contributed by atoms with E-state index in [0.29, 0.717) is 16.7 Å². The summed E-state index contributed by atoms with van der Waals surface area (Å²) in [6, 6.07) is 24.0. The Kier molecular flexibility index (Phi) is 6.96. The minimum Gasteiger partial charge on any atom is -0.443 e. The van der Waals surface area contributed by atoms with E-state index in [-0.39, 0.29) is 11.3 Å². The summed E-state index contributed by atoms with van der Waals surface area (Å²) in [6.07, 6.45) is 0.443. The third kappa shape index (κ3) is 4.46. The first kappa shape index (κ1) is 27.7. The molecule has 1 spiro atoms. The van der Waals surface area contributed by atoms with Crippen molar-refractivity contribution < 1.29 is 23.9 Å². The number of halogens is 1. The van der Waals surface area contributed by atoms with Crippen molar-refractivity contribution in [1.82, 2.24) is 5.06 Å². The van der Waals surface area contributed by atoms with E-state index in [2.05, 4.69) is 0 Å². The number of hydrogen-bond acceptors (Lipinski definition) is 7. The van der Waals surface area contributed by atoms with Crippen molar-refractivity contribution in [3.05, 3.63) is 113 Å². The summed E-state index contributed by atoms with van der Waals surface area (Å²) >= 11 is 0. The number of hydroxylamine groups is 2. The third-order valence-corrected chi connectivity index (χ3v) is 7.48. The molecule has 3 aromatic rings. The van der Waals surface area contributed by atoms with E-state index in [1.807, 2.05) is 18.2 Å². The Morgan fingerprint density at radius 3 is 2.20 bits per heavy atom. The van der Waals surface area contributed by atoms with Crippen LogP contribution in [0.5, 0.6) is 0 Å². The average molecular weight is 551 g/mol. The Labute approximate surface area is 237 Å². The maximum Gasteiger partial charge on any atom is 0.421 e. The molecule has 9 heteroatoms. The lowest BCUT2D eigenvalue weighted by Crippen LogP contribution is -2.53. The molecule has 1 fully saturated rings. The van der Waals surface area contributed by atoms with Crippen LogP contribution in [-0.4, -0.2) is 27.9 Å². The zero-order chi connectivity index (χ0) is 29.5. The van der Waals surface area contributed by atoms with Crippen LogP contribution in [0.1, 0.15) is 49.4 Å². The minimum absolute atomic E-state index is 0.214. The molecule has 0 aliphatic carbocycles. The number of rotatable bonds is 3. The van der Waals surface area contributed by atoms with Gasteiger partial charge in [0.1, 0.15) is 29.1 Å². The van der Waals surface area contributed by atoms with E-state index in [4.69, 9.17) is 4.74 Å². The van der Waals surface area contributed by atoms with Gasteiger partial charge >= 0.3 is 6.09 Å². The molecule has 2 amide bonds. The molecule has 206 valence electrons. The summed E-state index contributed by atoms with van der Waals surface area (Å²) in [7, 11) is 0. The molecule has 5 rings (SSSR count). The van der Waals surface area contributed by atoms with Gasteiger partial charge in [-0.1, -0.05) is 60.7 Å². The molecule has 0 unspecified atom stereocenters. The standard InChI is InChI=1S/C32H27FN4O4/c1-31(2,3)41-30(39)36-26-12-8-7-11-24(26)32(29(36)38)25(17-20(18-34)19-35)27(21-13-15-23(33)16-14-21)28(37(32)40)22-9-5-4-6-10-22/h4-17,25,27-28,40H,1-3H3/t25-,27-,28+,32-/m1/s1. The highest BCUT2D eigenvalue weighted by atomic mass is 19.1. The zero-order valence-electron chi connectivity index (χ0n) is 22.7. The number of para-hydroxylation sites is 1. The average Bonchev–Trinajstić information content (AvgIpc) is 3.36. The van der Waals surface area contributed by atoms with Crippen LogP contribution in [0.3, 0.4) is 0 Å². The number of fused-ring (bicyclic) bond motifs is 2. The Hall–Kier alpha value is -4.83. The van der Waals surface area contributed by atoms with E-state index >= 15 is 0 Å². The summed E-state index contributed by atoms with van der Waals surface area (Å²) < 4.78 is 19.6. The molecule has 3 aromatic carbocycles. The van der Waals surface area contributed by atoms with Crippen LogP contribution in [0.2, 0.25) is 0 Å². The van der Waals surface area contributed by atoms with E-state index < -0.39 is 46.8 Å². The topological polar surface area (TPSA) is 118 Å². The maximum atomic E-state index is 14.7. The number of anilines is 1. The summed E-state index contributed by atoms with van der Waals surface area (Å²) in [4.78, 5) is 29.1. The fourth-order valence-electron chi connectivity index (χ4n) is 5.98. The monoisotopic (exact) mass is 550 g/mol. The lowest BCUT2D eigenvalue weighted by atomic mass is 9.71. The molecule has 0 saturated carbocycles. The van der Waals surface area contributed by atoms with Crippen LogP contribution in [0, 0.1) is 34.4 Å². The summed E-state index contributed by atoms with van der Waals surface area (Å²) in [5.74, 6) is -3.06. The van der Waals surface area contributed by atoms with Crippen LogP contribution < -0.4 is 4.90 Å². The van der Waals surface area contributed by atoms with Gasteiger partial charge in [0.15, 0.2) is 5.54 Å². The van der Waals surface area contributed by atoms with Gasteiger partial charge < -0.3 is 9.94 Å². The van der Waals surface area contributed by atoms with Gasteiger partial charge in [0.05, 0.1) is 11.7 Å².